The zero-order chi connectivity index (χ0) is 24.9. The summed E-state index contributed by atoms with van der Waals surface area (Å²) < 4.78 is 27.4. The molecule has 2 fully saturated rings. The fraction of sp³-hybridized carbons (Fsp3) is 0.481. The van der Waals surface area contributed by atoms with E-state index < -0.39 is 11.0 Å². The molecule has 2 saturated heterocycles. The second kappa shape index (κ2) is 11.0. The highest BCUT2D eigenvalue weighted by Gasteiger charge is 2.41. The maximum atomic E-state index is 12.6. The zero-order valence-electron chi connectivity index (χ0n) is 20.8. The molecule has 4 rings (SSSR count). The molecule has 2 aromatic rings. The lowest BCUT2D eigenvalue weighted by atomic mass is 9.80. The quantitative estimate of drug-likeness (QED) is 0.573. The number of hydrogen-bond donors (Lipinski definition) is 0. The fourth-order valence-corrected chi connectivity index (χ4v) is 5.15. The second-order valence-electron chi connectivity index (χ2n) is 10.0. The summed E-state index contributed by atoms with van der Waals surface area (Å²) in [7, 11) is -1.28. The normalized spacial score (nSPS) is 20.0. The molecule has 1 amide bonds. The highest BCUT2D eigenvalue weighted by molar-refractivity contribution is 7.85. The number of nitrogens with zero attached hydrogens (tertiary/aromatic N) is 3. The lowest BCUT2D eigenvalue weighted by Crippen LogP contribution is -2.58. The van der Waals surface area contributed by atoms with E-state index in [1.807, 2.05) is 51.1 Å². The van der Waals surface area contributed by atoms with Gasteiger partial charge in [0.05, 0.1) is 10.3 Å². The standard InChI is InChI=1S/C27H35N3O4S/c1-26(2,3)35(32)28-21-22-9-11-23(12-10-22)27(13-19-33-20-14-27)30-17-15-29(16-18-30)25(31)34-24-7-5-4-6-8-24/h4-12,21H,13-20H2,1-3H3/b28-21+/t35-/m0/s1. The van der Waals surface area contributed by atoms with Crippen molar-refractivity contribution >= 4 is 23.3 Å². The van der Waals surface area contributed by atoms with Crippen molar-refractivity contribution in [2.45, 2.75) is 43.9 Å². The fourth-order valence-electron chi connectivity index (χ4n) is 4.61. The Bertz CT molecular complexity index is 1040. The van der Waals surface area contributed by atoms with Crippen LogP contribution in [0, 0.1) is 0 Å². The van der Waals surface area contributed by atoms with Crippen LogP contribution in [0.5, 0.6) is 5.75 Å². The van der Waals surface area contributed by atoms with Crippen LogP contribution in [0.15, 0.2) is 59.0 Å². The molecular weight excluding hydrogens is 462 g/mol. The van der Waals surface area contributed by atoms with Crippen molar-refractivity contribution in [1.82, 2.24) is 9.80 Å². The van der Waals surface area contributed by atoms with Crippen LogP contribution in [0.3, 0.4) is 0 Å². The first-order valence-corrected chi connectivity index (χ1v) is 13.3. The molecule has 7 nitrogen and oxygen atoms in total. The van der Waals surface area contributed by atoms with E-state index in [1.165, 1.54) is 5.56 Å². The van der Waals surface area contributed by atoms with E-state index in [0.29, 0.717) is 32.1 Å². The van der Waals surface area contributed by atoms with Crippen LogP contribution in [0.4, 0.5) is 4.79 Å². The topological polar surface area (TPSA) is 71.4 Å². The van der Waals surface area contributed by atoms with Gasteiger partial charge in [0.2, 0.25) is 0 Å². The minimum Gasteiger partial charge on any atom is -0.410 e. The maximum Gasteiger partial charge on any atom is 0.415 e. The number of hydrogen-bond acceptors (Lipinski definition) is 5. The molecule has 0 radical (unpaired) electrons. The Hall–Kier alpha value is -2.55. The number of benzene rings is 2. The van der Waals surface area contributed by atoms with Crippen LogP contribution >= 0.6 is 0 Å². The summed E-state index contributed by atoms with van der Waals surface area (Å²) in [5.41, 5.74) is 2.05. The van der Waals surface area contributed by atoms with Gasteiger partial charge in [-0.15, -0.1) is 0 Å². The van der Waals surface area contributed by atoms with E-state index in [2.05, 4.69) is 21.4 Å². The Labute approximate surface area is 210 Å². The summed E-state index contributed by atoms with van der Waals surface area (Å²) >= 11 is 0. The summed E-state index contributed by atoms with van der Waals surface area (Å²) in [5.74, 6) is 0.566. The zero-order valence-corrected chi connectivity index (χ0v) is 21.6. The summed E-state index contributed by atoms with van der Waals surface area (Å²) in [6, 6.07) is 17.6. The van der Waals surface area contributed by atoms with Crippen molar-refractivity contribution in [2.24, 2.45) is 4.40 Å². The van der Waals surface area contributed by atoms with Crippen molar-refractivity contribution in [3.05, 3.63) is 65.7 Å². The smallest absolute Gasteiger partial charge is 0.410 e. The van der Waals surface area contributed by atoms with E-state index in [0.717, 1.165) is 31.5 Å². The molecule has 35 heavy (non-hydrogen) atoms. The number of ether oxygens (including phenoxy) is 2. The van der Waals surface area contributed by atoms with E-state index in [-0.39, 0.29) is 16.4 Å². The largest absolute Gasteiger partial charge is 0.415 e. The van der Waals surface area contributed by atoms with E-state index >= 15 is 0 Å². The van der Waals surface area contributed by atoms with Crippen molar-refractivity contribution in [2.75, 3.05) is 39.4 Å². The highest BCUT2D eigenvalue weighted by Crippen LogP contribution is 2.39. The third kappa shape index (κ3) is 6.18. The third-order valence-electron chi connectivity index (χ3n) is 6.68. The molecule has 0 spiro atoms. The number of rotatable bonds is 5. The average molecular weight is 498 g/mol. The summed E-state index contributed by atoms with van der Waals surface area (Å²) in [6.45, 7) is 9.97. The molecule has 0 bridgehead atoms. The van der Waals surface area contributed by atoms with Crippen LogP contribution in [-0.2, 0) is 21.3 Å². The molecule has 2 aromatic carbocycles. The van der Waals surface area contributed by atoms with Gasteiger partial charge in [-0.25, -0.2) is 9.00 Å². The average Bonchev–Trinajstić information content (AvgIpc) is 2.88. The third-order valence-corrected chi connectivity index (χ3v) is 8.03. The molecule has 0 N–H and O–H groups in total. The predicted octanol–water partition coefficient (Wildman–Crippen LogP) is 4.39. The minimum absolute atomic E-state index is 0.127. The van der Waals surface area contributed by atoms with Gasteiger partial charge in [-0.05, 0) is 56.9 Å². The minimum atomic E-state index is -1.28. The molecule has 0 unspecified atom stereocenters. The summed E-state index contributed by atoms with van der Waals surface area (Å²) in [6.07, 6.45) is 3.21. The Morgan fingerprint density at radius 2 is 1.63 bits per heavy atom. The Morgan fingerprint density at radius 1 is 1.00 bits per heavy atom. The molecule has 0 aliphatic carbocycles. The molecule has 2 heterocycles. The van der Waals surface area contributed by atoms with Crippen molar-refractivity contribution in [1.29, 1.82) is 0 Å². The van der Waals surface area contributed by atoms with Gasteiger partial charge in [0.25, 0.3) is 0 Å². The van der Waals surface area contributed by atoms with Crippen molar-refractivity contribution in [3.8, 4) is 5.75 Å². The first-order valence-electron chi connectivity index (χ1n) is 12.2. The predicted molar refractivity (Wildman–Crippen MR) is 139 cm³/mol. The number of para-hydroxylation sites is 1. The number of piperazine rings is 1. The lowest BCUT2D eigenvalue weighted by Gasteiger charge is -2.49. The van der Waals surface area contributed by atoms with E-state index in [1.54, 1.807) is 23.2 Å². The first-order chi connectivity index (χ1) is 16.8. The first kappa shape index (κ1) is 25.5. The maximum absolute atomic E-state index is 12.6. The number of carbonyl (C=O) groups is 1. The van der Waals surface area contributed by atoms with Gasteiger partial charge >= 0.3 is 6.09 Å². The van der Waals surface area contributed by atoms with E-state index in [4.69, 9.17) is 9.47 Å². The van der Waals surface area contributed by atoms with Crippen molar-refractivity contribution in [3.63, 3.8) is 0 Å². The summed E-state index contributed by atoms with van der Waals surface area (Å²) in [4.78, 5) is 16.9. The van der Waals surface area contributed by atoms with Gasteiger partial charge in [-0.1, -0.05) is 42.5 Å². The van der Waals surface area contributed by atoms with Gasteiger partial charge in [0.1, 0.15) is 16.7 Å². The SMILES string of the molecule is CC(C)(C)[S@](=O)/N=C/c1ccc(C2(N3CCN(C(=O)Oc4ccccc4)CC3)CCOCC2)cc1. The van der Waals surface area contributed by atoms with Crippen LogP contribution < -0.4 is 4.74 Å². The van der Waals surface area contributed by atoms with Gasteiger partial charge < -0.3 is 14.4 Å². The van der Waals surface area contributed by atoms with Crippen LogP contribution in [0.2, 0.25) is 0 Å². The van der Waals surface area contributed by atoms with Gasteiger partial charge in [0.15, 0.2) is 0 Å². The molecule has 1 atom stereocenters. The molecule has 2 aliphatic rings. The molecule has 0 aromatic heterocycles. The number of carbonyl (C=O) groups excluding carboxylic acids is 1. The van der Waals surface area contributed by atoms with Crippen LogP contribution in [-0.4, -0.2) is 70.5 Å². The Kier molecular flexibility index (Phi) is 8.04. The van der Waals surface area contributed by atoms with E-state index in [9.17, 15) is 9.00 Å². The second-order valence-corrected chi connectivity index (χ2v) is 12.0. The molecule has 188 valence electrons. The monoisotopic (exact) mass is 497 g/mol. The molecule has 0 saturated carbocycles. The van der Waals surface area contributed by atoms with Crippen LogP contribution in [0.25, 0.3) is 0 Å². The molecular formula is C27H35N3O4S. The van der Waals surface area contributed by atoms with Gasteiger partial charge in [0, 0.05) is 45.6 Å². The van der Waals surface area contributed by atoms with Crippen LogP contribution in [0.1, 0.15) is 44.7 Å². The molecule has 8 heteroatoms. The Morgan fingerprint density at radius 3 is 2.23 bits per heavy atom. The number of amides is 1. The highest BCUT2D eigenvalue weighted by atomic mass is 32.2. The van der Waals surface area contributed by atoms with Gasteiger partial charge in [-0.3, -0.25) is 4.90 Å². The Balaban J connectivity index is 1.44. The lowest BCUT2D eigenvalue weighted by molar-refractivity contribution is -0.0483. The molecule has 2 aliphatic heterocycles. The van der Waals surface area contributed by atoms with Crippen molar-refractivity contribution < 1.29 is 18.5 Å². The van der Waals surface area contributed by atoms with Gasteiger partial charge in [-0.2, -0.15) is 4.40 Å². The summed E-state index contributed by atoms with van der Waals surface area (Å²) in [5, 5.41) is 0.